The summed E-state index contributed by atoms with van der Waals surface area (Å²) < 4.78 is 11.1. The Bertz CT molecular complexity index is 3700. The standard InChI is InChI=1S/C53H31N5OS/c1-3-14-32(15-4-1)50-54-51(56-52(55-50)35-28-29-45-41(31-35)38-20-8-10-26-44(38)59-45)34-17-11-16-33(30-34)37-22-12-25-43-49(37)60-46-27-13-23-40-47-39-21-7-9-24-42(39)57(36-18-5-2-6-19-36)53(47)58(43)48(40)46/h1-31H. The van der Waals surface area contributed by atoms with Gasteiger partial charge in [0.1, 0.15) is 16.8 Å². The zero-order valence-electron chi connectivity index (χ0n) is 32.0. The Morgan fingerprint density at radius 2 is 1.07 bits per heavy atom. The highest BCUT2D eigenvalue weighted by Gasteiger charge is 2.29. The van der Waals surface area contributed by atoms with Crippen LogP contribution in [0, 0.1) is 0 Å². The molecule has 0 atom stereocenters. The average Bonchev–Trinajstić information content (AvgIpc) is 3.98. The smallest absolute Gasteiger partial charge is 0.164 e. The molecule has 280 valence electrons. The lowest BCUT2D eigenvalue weighted by Crippen LogP contribution is -2.06. The molecule has 8 aromatic carbocycles. The molecule has 1 aliphatic heterocycles. The molecule has 13 rings (SSSR count). The van der Waals surface area contributed by atoms with E-state index in [4.69, 9.17) is 19.4 Å². The molecule has 60 heavy (non-hydrogen) atoms. The Hall–Kier alpha value is -7.74. The molecule has 6 nitrogen and oxygen atoms in total. The molecule has 0 saturated carbocycles. The largest absolute Gasteiger partial charge is 0.456 e. The van der Waals surface area contributed by atoms with E-state index in [0.29, 0.717) is 17.5 Å². The molecular formula is C53H31N5OS. The lowest BCUT2D eigenvalue weighted by atomic mass is 10.0. The van der Waals surface area contributed by atoms with Crippen LogP contribution in [0.3, 0.4) is 0 Å². The Labute approximate surface area is 348 Å². The molecule has 0 unspecified atom stereocenters. The first-order valence-corrected chi connectivity index (χ1v) is 20.8. The van der Waals surface area contributed by atoms with Crippen molar-refractivity contribution in [2.75, 3.05) is 0 Å². The molecule has 0 saturated heterocycles. The zero-order valence-corrected chi connectivity index (χ0v) is 32.8. The molecule has 5 heterocycles. The molecule has 12 aromatic rings. The highest BCUT2D eigenvalue weighted by molar-refractivity contribution is 8.00. The van der Waals surface area contributed by atoms with Crippen LogP contribution in [0.4, 0.5) is 0 Å². The summed E-state index contributed by atoms with van der Waals surface area (Å²) in [7, 11) is 0. The van der Waals surface area contributed by atoms with E-state index in [-0.39, 0.29) is 0 Å². The van der Waals surface area contributed by atoms with Crippen molar-refractivity contribution < 1.29 is 4.42 Å². The first-order valence-electron chi connectivity index (χ1n) is 20.0. The molecule has 1 aliphatic rings. The van der Waals surface area contributed by atoms with Gasteiger partial charge in [0, 0.05) is 59.1 Å². The van der Waals surface area contributed by atoms with E-state index in [1.165, 1.54) is 42.6 Å². The third-order valence-electron chi connectivity index (χ3n) is 11.7. The van der Waals surface area contributed by atoms with Gasteiger partial charge in [-0.15, -0.1) is 0 Å². The van der Waals surface area contributed by atoms with E-state index in [1.807, 2.05) is 72.4 Å². The van der Waals surface area contributed by atoms with Crippen LogP contribution >= 0.6 is 11.8 Å². The third-order valence-corrected chi connectivity index (χ3v) is 12.9. The van der Waals surface area contributed by atoms with Gasteiger partial charge in [0.2, 0.25) is 0 Å². The normalized spacial score (nSPS) is 12.3. The van der Waals surface area contributed by atoms with Crippen molar-refractivity contribution in [3.8, 4) is 56.7 Å². The highest BCUT2D eigenvalue weighted by Crippen LogP contribution is 2.52. The van der Waals surface area contributed by atoms with Crippen molar-refractivity contribution in [2.45, 2.75) is 9.79 Å². The van der Waals surface area contributed by atoms with Crippen molar-refractivity contribution in [1.29, 1.82) is 0 Å². The Balaban J connectivity index is 0.997. The summed E-state index contributed by atoms with van der Waals surface area (Å²) in [4.78, 5) is 17.8. The molecule has 0 radical (unpaired) electrons. The van der Waals surface area contributed by atoms with Gasteiger partial charge in [-0.3, -0.25) is 9.13 Å². The number of rotatable bonds is 5. The average molecular weight is 786 g/mol. The molecular weight excluding hydrogens is 755 g/mol. The van der Waals surface area contributed by atoms with Crippen LogP contribution in [-0.4, -0.2) is 24.1 Å². The van der Waals surface area contributed by atoms with Crippen molar-refractivity contribution >= 4 is 66.5 Å². The first-order chi connectivity index (χ1) is 29.7. The summed E-state index contributed by atoms with van der Waals surface area (Å²) in [6.07, 6.45) is 0. The Morgan fingerprint density at radius 1 is 0.433 bits per heavy atom. The molecule has 4 aromatic heterocycles. The summed E-state index contributed by atoms with van der Waals surface area (Å²) in [6, 6.07) is 66.0. The van der Waals surface area contributed by atoms with E-state index in [1.54, 1.807) is 0 Å². The molecule has 0 bridgehead atoms. The van der Waals surface area contributed by atoms with Gasteiger partial charge in [0.05, 0.1) is 16.7 Å². The van der Waals surface area contributed by atoms with Gasteiger partial charge in [-0.25, -0.2) is 15.0 Å². The summed E-state index contributed by atoms with van der Waals surface area (Å²) in [5.41, 5.74) is 12.6. The van der Waals surface area contributed by atoms with Crippen molar-refractivity contribution in [2.24, 2.45) is 0 Å². The molecule has 0 aliphatic carbocycles. The fraction of sp³-hybridized carbons (Fsp3) is 0. The number of hydrogen-bond acceptors (Lipinski definition) is 5. The first kappa shape index (κ1) is 33.3. The van der Waals surface area contributed by atoms with Crippen LogP contribution in [0.15, 0.2) is 202 Å². The fourth-order valence-corrected chi connectivity index (χ4v) is 10.3. The van der Waals surface area contributed by atoms with Crippen LogP contribution in [0.2, 0.25) is 0 Å². The van der Waals surface area contributed by atoms with Gasteiger partial charge in [0.15, 0.2) is 17.5 Å². The van der Waals surface area contributed by atoms with E-state index in [9.17, 15) is 0 Å². The molecule has 0 fully saturated rings. The minimum absolute atomic E-state index is 0.607. The van der Waals surface area contributed by atoms with Crippen molar-refractivity contribution in [3.63, 3.8) is 0 Å². The number of para-hydroxylation sites is 4. The predicted octanol–water partition coefficient (Wildman–Crippen LogP) is 13.9. The lowest BCUT2D eigenvalue weighted by molar-refractivity contribution is 0.669. The van der Waals surface area contributed by atoms with Gasteiger partial charge in [-0.2, -0.15) is 0 Å². The van der Waals surface area contributed by atoms with Gasteiger partial charge in [-0.05, 0) is 71.8 Å². The molecule has 0 spiro atoms. The highest BCUT2D eigenvalue weighted by atomic mass is 32.2. The van der Waals surface area contributed by atoms with Crippen LogP contribution in [0.1, 0.15) is 0 Å². The minimum atomic E-state index is 0.607. The number of aromatic nitrogens is 5. The van der Waals surface area contributed by atoms with Crippen LogP contribution in [0.5, 0.6) is 0 Å². The molecule has 0 N–H and O–H groups in total. The maximum Gasteiger partial charge on any atom is 0.164 e. The van der Waals surface area contributed by atoms with Crippen molar-refractivity contribution in [1.82, 2.24) is 24.1 Å². The predicted molar refractivity (Wildman–Crippen MR) is 244 cm³/mol. The minimum Gasteiger partial charge on any atom is -0.456 e. The SMILES string of the molecule is c1ccc(-c2nc(-c3cccc(-c4cccc5c4Sc4cccc6c7c8ccccc8n(-c8ccccc8)c7n-5c46)c3)nc(-c3ccc4oc5ccccc5c4c3)n2)cc1. The van der Waals surface area contributed by atoms with E-state index >= 15 is 0 Å². The summed E-state index contributed by atoms with van der Waals surface area (Å²) in [6.45, 7) is 0. The summed E-state index contributed by atoms with van der Waals surface area (Å²) in [5.74, 6) is 1.84. The second-order valence-corrected chi connectivity index (χ2v) is 16.2. The van der Waals surface area contributed by atoms with Crippen LogP contribution in [0.25, 0.3) is 111 Å². The quantitative estimate of drug-likeness (QED) is 0.174. The van der Waals surface area contributed by atoms with E-state index in [0.717, 1.165) is 61.1 Å². The summed E-state index contributed by atoms with van der Waals surface area (Å²) >= 11 is 1.85. The Morgan fingerprint density at radius 3 is 1.92 bits per heavy atom. The second kappa shape index (κ2) is 12.9. The molecule has 7 heteroatoms. The second-order valence-electron chi connectivity index (χ2n) is 15.2. The van der Waals surface area contributed by atoms with E-state index < -0.39 is 0 Å². The number of nitrogens with zero attached hydrogens (tertiary/aromatic N) is 5. The topological polar surface area (TPSA) is 61.7 Å². The van der Waals surface area contributed by atoms with Crippen molar-refractivity contribution in [3.05, 3.63) is 188 Å². The summed E-state index contributed by atoms with van der Waals surface area (Å²) in [5, 5.41) is 5.88. The zero-order chi connectivity index (χ0) is 39.3. The van der Waals surface area contributed by atoms with Gasteiger partial charge < -0.3 is 4.42 Å². The third kappa shape index (κ3) is 4.93. The number of hydrogen-bond donors (Lipinski definition) is 0. The van der Waals surface area contributed by atoms with E-state index in [2.05, 4.69) is 137 Å². The maximum absolute atomic E-state index is 6.16. The van der Waals surface area contributed by atoms with Gasteiger partial charge in [0.25, 0.3) is 0 Å². The number of benzene rings is 8. The van der Waals surface area contributed by atoms with Gasteiger partial charge in [-0.1, -0.05) is 139 Å². The Kier molecular flexibility index (Phi) is 7.14. The fourth-order valence-electron chi connectivity index (χ4n) is 9.11. The van der Waals surface area contributed by atoms with Crippen LogP contribution < -0.4 is 0 Å². The van der Waals surface area contributed by atoms with Crippen LogP contribution in [-0.2, 0) is 0 Å². The lowest BCUT2D eigenvalue weighted by Gasteiger charge is -2.23. The number of fused-ring (bicyclic) bond motifs is 10. The monoisotopic (exact) mass is 785 g/mol. The molecule has 0 amide bonds. The van der Waals surface area contributed by atoms with Gasteiger partial charge >= 0.3 is 0 Å². The maximum atomic E-state index is 6.16. The number of furan rings is 1.